The second-order valence-electron chi connectivity index (χ2n) is 4.11. The molecule has 1 aromatic carbocycles. The summed E-state index contributed by atoms with van der Waals surface area (Å²) in [6.07, 6.45) is 0. The Morgan fingerprint density at radius 1 is 1.17 bits per heavy atom. The minimum atomic E-state index is 0.0899. The molecule has 0 fully saturated rings. The minimum Gasteiger partial charge on any atom is -0.490 e. The van der Waals surface area contributed by atoms with Crippen LogP contribution in [0.25, 0.3) is 0 Å². The van der Waals surface area contributed by atoms with Crippen LogP contribution in [0.3, 0.4) is 0 Å². The number of aliphatic hydroxyl groups is 1. The summed E-state index contributed by atoms with van der Waals surface area (Å²) in [4.78, 5) is 0. The second-order valence-corrected chi connectivity index (χ2v) is 4.11. The van der Waals surface area contributed by atoms with Gasteiger partial charge in [-0.25, -0.2) is 0 Å². The normalized spacial score (nSPS) is 12.2. The molecule has 0 amide bonds. The van der Waals surface area contributed by atoms with Crippen LogP contribution < -0.4 is 14.8 Å². The molecule has 0 saturated heterocycles. The minimum absolute atomic E-state index is 0.0899. The predicted octanol–water partition coefficient (Wildman–Crippen LogP) is 1.95. The highest BCUT2D eigenvalue weighted by molar-refractivity contribution is 5.43. The third-order valence-electron chi connectivity index (χ3n) is 2.54. The van der Waals surface area contributed by atoms with Gasteiger partial charge >= 0.3 is 0 Å². The van der Waals surface area contributed by atoms with E-state index in [4.69, 9.17) is 14.6 Å². The van der Waals surface area contributed by atoms with Crippen molar-refractivity contribution in [3.8, 4) is 11.5 Å². The molecule has 0 aliphatic carbocycles. The SMILES string of the molecule is CCOc1ccc(CN[C@H](C)CO)cc1OCC. The zero-order chi connectivity index (χ0) is 13.4. The second kappa shape index (κ2) is 7.95. The number of aliphatic hydroxyl groups excluding tert-OH is 1. The lowest BCUT2D eigenvalue weighted by Gasteiger charge is -2.14. The molecular weight excluding hydrogens is 230 g/mol. The molecule has 0 aliphatic rings. The molecule has 0 radical (unpaired) electrons. The zero-order valence-electron chi connectivity index (χ0n) is 11.4. The quantitative estimate of drug-likeness (QED) is 0.743. The molecule has 1 rings (SSSR count). The third-order valence-corrected chi connectivity index (χ3v) is 2.54. The fraction of sp³-hybridized carbons (Fsp3) is 0.571. The van der Waals surface area contributed by atoms with Gasteiger partial charge in [-0.1, -0.05) is 6.07 Å². The number of nitrogens with one attached hydrogen (secondary N) is 1. The summed E-state index contributed by atoms with van der Waals surface area (Å²) in [5, 5.41) is 12.2. The summed E-state index contributed by atoms with van der Waals surface area (Å²) < 4.78 is 11.1. The molecule has 18 heavy (non-hydrogen) atoms. The Morgan fingerprint density at radius 3 is 2.44 bits per heavy atom. The van der Waals surface area contributed by atoms with Crippen molar-refractivity contribution in [2.75, 3.05) is 19.8 Å². The molecule has 1 aromatic rings. The van der Waals surface area contributed by atoms with Crippen LogP contribution in [0.4, 0.5) is 0 Å². The van der Waals surface area contributed by atoms with Crippen molar-refractivity contribution >= 4 is 0 Å². The first-order valence-electron chi connectivity index (χ1n) is 6.44. The van der Waals surface area contributed by atoms with Crippen LogP contribution in [-0.4, -0.2) is 31.0 Å². The number of rotatable bonds is 8. The van der Waals surface area contributed by atoms with Crippen LogP contribution in [-0.2, 0) is 6.54 Å². The molecular formula is C14H23NO3. The lowest BCUT2D eigenvalue weighted by atomic mass is 10.2. The zero-order valence-corrected chi connectivity index (χ0v) is 11.4. The summed E-state index contributed by atoms with van der Waals surface area (Å²) in [5.41, 5.74) is 1.11. The van der Waals surface area contributed by atoms with Gasteiger partial charge in [0.2, 0.25) is 0 Å². The van der Waals surface area contributed by atoms with E-state index in [0.29, 0.717) is 19.8 Å². The van der Waals surface area contributed by atoms with Crippen LogP contribution >= 0.6 is 0 Å². The molecule has 2 N–H and O–H groups in total. The van der Waals surface area contributed by atoms with E-state index in [9.17, 15) is 0 Å². The summed E-state index contributed by atoms with van der Waals surface area (Å²) in [6.45, 7) is 7.92. The summed E-state index contributed by atoms with van der Waals surface area (Å²) in [7, 11) is 0. The monoisotopic (exact) mass is 253 g/mol. The number of hydrogen-bond donors (Lipinski definition) is 2. The van der Waals surface area contributed by atoms with Crippen molar-refractivity contribution in [2.24, 2.45) is 0 Å². The molecule has 0 aromatic heterocycles. The van der Waals surface area contributed by atoms with E-state index in [1.54, 1.807) is 0 Å². The van der Waals surface area contributed by atoms with Gasteiger partial charge in [0.1, 0.15) is 0 Å². The van der Waals surface area contributed by atoms with Crippen molar-refractivity contribution in [1.29, 1.82) is 0 Å². The van der Waals surface area contributed by atoms with E-state index >= 15 is 0 Å². The highest BCUT2D eigenvalue weighted by Crippen LogP contribution is 2.28. The summed E-state index contributed by atoms with van der Waals surface area (Å²) >= 11 is 0. The summed E-state index contributed by atoms with van der Waals surface area (Å²) in [5.74, 6) is 1.55. The first kappa shape index (κ1) is 14.8. The maximum absolute atomic E-state index is 8.96. The number of hydrogen-bond acceptors (Lipinski definition) is 4. The molecule has 0 spiro atoms. The third kappa shape index (κ3) is 4.55. The van der Waals surface area contributed by atoms with E-state index in [2.05, 4.69) is 5.32 Å². The Morgan fingerprint density at radius 2 is 1.83 bits per heavy atom. The van der Waals surface area contributed by atoms with Crippen molar-refractivity contribution in [1.82, 2.24) is 5.32 Å². The van der Waals surface area contributed by atoms with Crippen LogP contribution in [0.1, 0.15) is 26.3 Å². The highest BCUT2D eigenvalue weighted by atomic mass is 16.5. The Hall–Kier alpha value is -1.26. The Labute approximate surface area is 109 Å². The average molecular weight is 253 g/mol. The number of benzene rings is 1. The van der Waals surface area contributed by atoms with Gasteiger partial charge in [0, 0.05) is 12.6 Å². The summed E-state index contributed by atoms with van der Waals surface area (Å²) in [6, 6.07) is 6.00. The molecule has 0 heterocycles. The van der Waals surface area contributed by atoms with E-state index in [1.165, 1.54) is 0 Å². The molecule has 4 nitrogen and oxygen atoms in total. The first-order chi connectivity index (χ1) is 8.71. The largest absolute Gasteiger partial charge is 0.490 e. The molecule has 4 heteroatoms. The van der Waals surface area contributed by atoms with Crippen molar-refractivity contribution < 1.29 is 14.6 Å². The number of ether oxygens (including phenoxy) is 2. The van der Waals surface area contributed by atoms with Gasteiger partial charge in [0.05, 0.1) is 19.8 Å². The van der Waals surface area contributed by atoms with Crippen molar-refractivity contribution in [2.45, 2.75) is 33.4 Å². The Balaban J connectivity index is 2.72. The van der Waals surface area contributed by atoms with Gasteiger partial charge in [-0.2, -0.15) is 0 Å². The molecule has 0 aliphatic heterocycles. The van der Waals surface area contributed by atoms with Crippen LogP contribution in [0.2, 0.25) is 0 Å². The molecule has 1 atom stereocenters. The van der Waals surface area contributed by atoms with Gasteiger partial charge in [-0.3, -0.25) is 0 Å². The lowest BCUT2D eigenvalue weighted by Crippen LogP contribution is -2.28. The standard InChI is InChI=1S/C14H23NO3/c1-4-17-13-7-6-12(8-14(13)18-5-2)9-15-11(3)10-16/h6-8,11,15-16H,4-5,9-10H2,1-3H3/t11-/m1/s1. The molecule has 0 bridgehead atoms. The van der Waals surface area contributed by atoms with Gasteiger partial charge in [0.15, 0.2) is 11.5 Å². The fourth-order valence-electron chi connectivity index (χ4n) is 1.56. The Bertz CT molecular complexity index is 355. The first-order valence-corrected chi connectivity index (χ1v) is 6.44. The van der Waals surface area contributed by atoms with Crippen molar-refractivity contribution in [3.05, 3.63) is 23.8 Å². The maximum atomic E-state index is 8.96. The van der Waals surface area contributed by atoms with E-state index in [0.717, 1.165) is 17.1 Å². The highest BCUT2D eigenvalue weighted by Gasteiger charge is 2.06. The molecule has 0 saturated carbocycles. The Kier molecular flexibility index (Phi) is 6.54. The van der Waals surface area contributed by atoms with Gasteiger partial charge in [-0.05, 0) is 38.5 Å². The van der Waals surface area contributed by atoms with Crippen LogP contribution in [0.5, 0.6) is 11.5 Å². The predicted molar refractivity (Wildman–Crippen MR) is 72.2 cm³/mol. The molecule has 102 valence electrons. The average Bonchev–Trinajstić information content (AvgIpc) is 2.39. The van der Waals surface area contributed by atoms with E-state index < -0.39 is 0 Å². The van der Waals surface area contributed by atoms with Gasteiger partial charge in [0.25, 0.3) is 0 Å². The lowest BCUT2D eigenvalue weighted by molar-refractivity contribution is 0.251. The van der Waals surface area contributed by atoms with E-state index in [1.807, 2.05) is 39.0 Å². The fourth-order valence-corrected chi connectivity index (χ4v) is 1.56. The van der Waals surface area contributed by atoms with Crippen LogP contribution in [0.15, 0.2) is 18.2 Å². The van der Waals surface area contributed by atoms with Gasteiger partial charge in [-0.15, -0.1) is 0 Å². The topological polar surface area (TPSA) is 50.7 Å². The maximum Gasteiger partial charge on any atom is 0.161 e. The smallest absolute Gasteiger partial charge is 0.161 e. The van der Waals surface area contributed by atoms with Crippen molar-refractivity contribution in [3.63, 3.8) is 0 Å². The van der Waals surface area contributed by atoms with Crippen LogP contribution in [0, 0.1) is 0 Å². The van der Waals surface area contributed by atoms with E-state index in [-0.39, 0.29) is 12.6 Å². The molecule has 0 unspecified atom stereocenters. The van der Waals surface area contributed by atoms with Gasteiger partial charge < -0.3 is 19.9 Å².